The maximum Gasteiger partial charge on any atom is 0.223 e. The molecule has 2 aromatic rings. The molecule has 190 valence electrons. The van der Waals surface area contributed by atoms with Crippen LogP contribution in [0, 0.1) is 5.41 Å². The molecule has 0 bridgehead atoms. The van der Waals surface area contributed by atoms with E-state index in [1.54, 1.807) is 16.9 Å². The van der Waals surface area contributed by atoms with Gasteiger partial charge in [-0.1, -0.05) is 17.7 Å². The Morgan fingerprint density at radius 3 is 2.60 bits per heavy atom. The summed E-state index contributed by atoms with van der Waals surface area (Å²) in [5.41, 5.74) is 0.629. The highest BCUT2D eigenvalue weighted by atomic mass is 35.5. The molecule has 1 aromatic carbocycles. The van der Waals surface area contributed by atoms with Crippen molar-refractivity contribution in [3.63, 3.8) is 0 Å². The van der Waals surface area contributed by atoms with Crippen LogP contribution < -0.4 is 4.74 Å². The van der Waals surface area contributed by atoms with Gasteiger partial charge < -0.3 is 19.4 Å². The van der Waals surface area contributed by atoms with E-state index < -0.39 is 5.41 Å². The summed E-state index contributed by atoms with van der Waals surface area (Å²) < 4.78 is 7.94. The summed E-state index contributed by atoms with van der Waals surface area (Å²) in [6.07, 6.45) is 6.93. The van der Waals surface area contributed by atoms with Gasteiger partial charge >= 0.3 is 0 Å². The Hall–Kier alpha value is -2.58. The van der Waals surface area contributed by atoms with Crippen molar-refractivity contribution in [3.05, 3.63) is 47.2 Å². The van der Waals surface area contributed by atoms with Gasteiger partial charge in [0.25, 0.3) is 0 Å². The van der Waals surface area contributed by atoms with Crippen molar-refractivity contribution in [2.24, 2.45) is 12.5 Å². The first-order valence-electron chi connectivity index (χ1n) is 12.4. The highest BCUT2D eigenvalue weighted by molar-refractivity contribution is 6.30. The van der Waals surface area contributed by atoms with Crippen molar-refractivity contribution >= 4 is 23.4 Å². The molecule has 0 saturated carbocycles. The first-order chi connectivity index (χ1) is 16.8. The number of hydrogen-bond acceptors (Lipinski definition) is 5. The Kier molecular flexibility index (Phi) is 8.34. The number of aryl methyl sites for hydroxylation is 2. The number of benzene rings is 1. The molecule has 0 aliphatic carbocycles. The van der Waals surface area contributed by atoms with Crippen LogP contribution in [0.1, 0.15) is 31.2 Å². The lowest BCUT2D eigenvalue weighted by Crippen LogP contribution is -2.53. The summed E-state index contributed by atoms with van der Waals surface area (Å²) in [5, 5.41) is 4.80. The number of halogens is 1. The molecule has 0 radical (unpaired) electrons. The Bertz CT molecular complexity index is 1020. The molecular weight excluding hydrogens is 466 g/mol. The Morgan fingerprint density at radius 2 is 1.89 bits per heavy atom. The second-order valence-corrected chi connectivity index (χ2v) is 10.5. The molecule has 9 heteroatoms. The third kappa shape index (κ3) is 6.98. The predicted octanol–water partition coefficient (Wildman–Crippen LogP) is 2.86. The minimum atomic E-state index is -0.426. The molecule has 2 saturated heterocycles. The normalized spacial score (nSPS) is 21.2. The second-order valence-electron chi connectivity index (χ2n) is 10.0. The highest BCUT2D eigenvalue weighted by Gasteiger charge is 2.41. The Labute approximate surface area is 212 Å². The van der Waals surface area contributed by atoms with Gasteiger partial charge in [-0.15, -0.1) is 0 Å². The number of carbonyl (C=O) groups excluding carboxylic acids is 2. The highest BCUT2D eigenvalue weighted by Crippen LogP contribution is 2.36. The quantitative estimate of drug-likeness (QED) is 0.556. The van der Waals surface area contributed by atoms with Gasteiger partial charge in [-0.05, 0) is 50.1 Å². The van der Waals surface area contributed by atoms with Crippen LogP contribution in [-0.2, 0) is 23.1 Å². The standard InChI is InChI=1S/C26H36ClN5O3/c1-29-11-13-31(14-12-29)25(34)16-26(20-35-23-6-3-5-22(27)15-23)9-4-10-32(19-26)24(33)8-7-21-17-28-30(2)18-21/h3,5-6,15,17-18H,4,7-14,16,19-20H2,1-2H3/t26-/m1/s1. The summed E-state index contributed by atoms with van der Waals surface area (Å²) in [6, 6.07) is 7.33. The van der Waals surface area contributed by atoms with E-state index in [0.29, 0.717) is 49.7 Å². The number of likely N-dealkylation sites (N-methyl/N-ethyl adjacent to an activating group) is 1. The van der Waals surface area contributed by atoms with Crippen LogP contribution in [0.3, 0.4) is 0 Å². The number of piperazine rings is 1. The zero-order valence-corrected chi connectivity index (χ0v) is 21.5. The van der Waals surface area contributed by atoms with Gasteiger partial charge in [0.2, 0.25) is 11.8 Å². The van der Waals surface area contributed by atoms with Crippen LogP contribution in [0.4, 0.5) is 0 Å². The average Bonchev–Trinajstić information content (AvgIpc) is 3.27. The number of amides is 2. The zero-order valence-electron chi connectivity index (χ0n) is 20.8. The van der Waals surface area contributed by atoms with Crippen molar-refractivity contribution in [1.29, 1.82) is 0 Å². The molecule has 4 rings (SSSR count). The number of nitrogens with zero attached hydrogens (tertiary/aromatic N) is 5. The molecule has 0 N–H and O–H groups in total. The van der Waals surface area contributed by atoms with Gasteiger partial charge in [-0.3, -0.25) is 14.3 Å². The first kappa shape index (κ1) is 25.5. The molecule has 2 fully saturated rings. The van der Waals surface area contributed by atoms with Gasteiger partial charge in [-0.25, -0.2) is 0 Å². The smallest absolute Gasteiger partial charge is 0.223 e. The Morgan fingerprint density at radius 1 is 1.09 bits per heavy atom. The van der Waals surface area contributed by atoms with E-state index in [1.807, 2.05) is 41.2 Å². The average molecular weight is 502 g/mol. The summed E-state index contributed by atoms with van der Waals surface area (Å²) >= 11 is 6.15. The molecule has 2 amide bonds. The zero-order chi connectivity index (χ0) is 24.8. The van der Waals surface area contributed by atoms with E-state index >= 15 is 0 Å². The summed E-state index contributed by atoms with van der Waals surface area (Å²) in [4.78, 5) is 32.6. The van der Waals surface area contributed by atoms with Gasteiger partial charge in [0.05, 0.1) is 12.8 Å². The minimum Gasteiger partial charge on any atom is -0.493 e. The second kappa shape index (κ2) is 11.4. The summed E-state index contributed by atoms with van der Waals surface area (Å²) in [5.74, 6) is 0.953. The van der Waals surface area contributed by atoms with Crippen LogP contribution in [-0.4, -0.2) is 89.2 Å². The molecule has 0 unspecified atom stereocenters. The topological polar surface area (TPSA) is 70.9 Å². The van der Waals surface area contributed by atoms with Crippen LogP contribution in [0.2, 0.25) is 5.02 Å². The summed E-state index contributed by atoms with van der Waals surface area (Å²) in [6.45, 7) is 4.88. The maximum atomic E-state index is 13.4. The van der Waals surface area contributed by atoms with Gasteiger partial charge in [0, 0.05) is 75.8 Å². The molecular formula is C26H36ClN5O3. The van der Waals surface area contributed by atoms with E-state index in [0.717, 1.165) is 44.6 Å². The third-order valence-corrected chi connectivity index (χ3v) is 7.36. The van der Waals surface area contributed by atoms with Crippen molar-refractivity contribution < 1.29 is 14.3 Å². The molecule has 2 aliphatic heterocycles. The predicted molar refractivity (Wildman–Crippen MR) is 135 cm³/mol. The molecule has 1 aromatic heterocycles. The number of ether oxygens (including phenoxy) is 1. The van der Waals surface area contributed by atoms with E-state index in [1.165, 1.54) is 0 Å². The number of carbonyl (C=O) groups is 2. The van der Waals surface area contributed by atoms with Gasteiger partial charge in [-0.2, -0.15) is 5.10 Å². The van der Waals surface area contributed by atoms with E-state index in [9.17, 15) is 9.59 Å². The fraction of sp³-hybridized carbons (Fsp3) is 0.577. The van der Waals surface area contributed by atoms with E-state index in [2.05, 4.69) is 17.0 Å². The molecule has 2 aliphatic rings. The van der Waals surface area contributed by atoms with Crippen molar-refractivity contribution in [1.82, 2.24) is 24.5 Å². The largest absolute Gasteiger partial charge is 0.493 e. The molecule has 35 heavy (non-hydrogen) atoms. The van der Waals surface area contributed by atoms with Gasteiger partial charge in [0.1, 0.15) is 5.75 Å². The number of piperidine rings is 1. The van der Waals surface area contributed by atoms with Crippen LogP contribution in [0.5, 0.6) is 5.75 Å². The van der Waals surface area contributed by atoms with Gasteiger partial charge in [0.15, 0.2) is 0 Å². The lowest BCUT2D eigenvalue weighted by Gasteiger charge is -2.43. The van der Waals surface area contributed by atoms with Crippen LogP contribution in [0.25, 0.3) is 0 Å². The SMILES string of the molecule is CN1CCN(C(=O)C[C@]2(COc3cccc(Cl)c3)CCCN(C(=O)CCc3cnn(C)c3)C2)CC1. The minimum absolute atomic E-state index is 0.118. The number of likely N-dealkylation sites (tertiary alicyclic amines) is 1. The fourth-order valence-corrected chi connectivity index (χ4v) is 5.21. The van der Waals surface area contributed by atoms with Crippen LogP contribution >= 0.6 is 11.6 Å². The lowest BCUT2D eigenvalue weighted by atomic mass is 9.77. The van der Waals surface area contributed by atoms with Crippen molar-refractivity contribution in [2.45, 2.75) is 32.1 Å². The maximum absolute atomic E-state index is 13.4. The third-order valence-electron chi connectivity index (χ3n) is 7.12. The lowest BCUT2D eigenvalue weighted by molar-refractivity contribution is -0.142. The van der Waals surface area contributed by atoms with Crippen molar-refractivity contribution in [3.8, 4) is 5.75 Å². The fourth-order valence-electron chi connectivity index (χ4n) is 5.03. The number of aromatic nitrogens is 2. The van der Waals surface area contributed by atoms with E-state index in [4.69, 9.17) is 16.3 Å². The first-order valence-corrected chi connectivity index (χ1v) is 12.8. The molecule has 8 nitrogen and oxygen atoms in total. The molecule has 3 heterocycles. The Balaban J connectivity index is 1.44. The van der Waals surface area contributed by atoms with E-state index in [-0.39, 0.29) is 11.8 Å². The number of hydrogen-bond donors (Lipinski definition) is 0. The van der Waals surface area contributed by atoms with Crippen LogP contribution in [0.15, 0.2) is 36.7 Å². The molecule has 1 atom stereocenters. The monoisotopic (exact) mass is 501 g/mol. The number of rotatable bonds is 8. The molecule has 0 spiro atoms. The van der Waals surface area contributed by atoms with Crippen molar-refractivity contribution in [2.75, 3.05) is 52.9 Å². The summed E-state index contributed by atoms with van der Waals surface area (Å²) in [7, 11) is 3.96.